The lowest BCUT2D eigenvalue weighted by Crippen LogP contribution is -2.34. The van der Waals surface area contributed by atoms with E-state index in [0.717, 1.165) is 18.0 Å². The fraction of sp³-hybridized carbons (Fsp3) is 0.692. The molecule has 0 saturated heterocycles. The second kappa shape index (κ2) is 6.19. The predicted molar refractivity (Wildman–Crippen MR) is 73.9 cm³/mol. The molecule has 96 valence electrons. The summed E-state index contributed by atoms with van der Waals surface area (Å²) in [5.41, 5.74) is 0. The standard InChI is InChI=1S/C13H20ClNOS/c1-3-7-15-11(12(16-2)9-4-5-9)13-10(14)6-8-17-13/h6,8-9,11-12,15H,3-5,7H2,1-2H3. The zero-order valence-corrected chi connectivity index (χ0v) is 12.0. The van der Waals surface area contributed by atoms with Gasteiger partial charge in [-0.2, -0.15) is 0 Å². The van der Waals surface area contributed by atoms with E-state index < -0.39 is 0 Å². The van der Waals surface area contributed by atoms with Crippen molar-refractivity contribution in [3.63, 3.8) is 0 Å². The third kappa shape index (κ3) is 3.22. The van der Waals surface area contributed by atoms with Crippen LogP contribution < -0.4 is 5.32 Å². The van der Waals surface area contributed by atoms with Crippen LogP contribution in [0.1, 0.15) is 37.1 Å². The van der Waals surface area contributed by atoms with Crippen molar-refractivity contribution >= 4 is 22.9 Å². The molecule has 17 heavy (non-hydrogen) atoms. The van der Waals surface area contributed by atoms with Gasteiger partial charge in [-0.05, 0) is 43.2 Å². The fourth-order valence-corrected chi connectivity index (χ4v) is 3.49. The highest BCUT2D eigenvalue weighted by Crippen LogP contribution is 2.42. The van der Waals surface area contributed by atoms with Crippen LogP contribution in [-0.4, -0.2) is 19.8 Å². The second-order valence-electron chi connectivity index (χ2n) is 4.60. The number of methoxy groups -OCH3 is 1. The molecule has 2 unspecified atom stereocenters. The quantitative estimate of drug-likeness (QED) is 0.814. The molecule has 0 aromatic carbocycles. The molecule has 0 aliphatic heterocycles. The Labute approximate surface area is 112 Å². The number of hydrogen-bond acceptors (Lipinski definition) is 3. The summed E-state index contributed by atoms with van der Waals surface area (Å²) >= 11 is 7.98. The zero-order valence-electron chi connectivity index (χ0n) is 10.4. The number of halogens is 1. The van der Waals surface area contributed by atoms with E-state index in [1.807, 2.05) is 13.2 Å². The third-order valence-electron chi connectivity index (χ3n) is 3.23. The molecule has 1 heterocycles. The van der Waals surface area contributed by atoms with Crippen molar-refractivity contribution < 1.29 is 4.74 Å². The number of rotatable bonds is 7. The van der Waals surface area contributed by atoms with Gasteiger partial charge in [0.1, 0.15) is 0 Å². The SMILES string of the molecule is CCCNC(c1sccc1Cl)C(OC)C1CC1. The molecule has 1 saturated carbocycles. The van der Waals surface area contributed by atoms with E-state index in [9.17, 15) is 0 Å². The summed E-state index contributed by atoms with van der Waals surface area (Å²) in [7, 11) is 1.81. The molecular formula is C13H20ClNOS. The highest BCUT2D eigenvalue weighted by atomic mass is 35.5. The van der Waals surface area contributed by atoms with Gasteiger partial charge in [-0.3, -0.25) is 0 Å². The molecule has 0 bridgehead atoms. The maximum absolute atomic E-state index is 6.25. The maximum atomic E-state index is 6.25. The summed E-state index contributed by atoms with van der Waals surface area (Å²) in [6, 6.07) is 2.22. The molecule has 4 heteroatoms. The number of ether oxygens (including phenoxy) is 1. The molecule has 2 nitrogen and oxygen atoms in total. The van der Waals surface area contributed by atoms with Crippen LogP contribution in [0.5, 0.6) is 0 Å². The van der Waals surface area contributed by atoms with E-state index in [-0.39, 0.29) is 12.1 Å². The van der Waals surface area contributed by atoms with Gasteiger partial charge in [0.15, 0.2) is 0 Å². The van der Waals surface area contributed by atoms with Crippen molar-refractivity contribution in [2.24, 2.45) is 5.92 Å². The van der Waals surface area contributed by atoms with Crippen molar-refractivity contribution in [2.75, 3.05) is 13.7 Å². The molecule has 0 radical (unpaired) electrons. The third-order valence-corrected chi connectivity index (χ3v) is 4.67. The summed E-state index contributed by atoms with van der Waals surface area (Å²) in [4.78, 5) is 1.22. The normalized spacial score (nSPS) is 19.2. The Balaban J connectivity index is 2.14. The highest BCUT2D eigenvalue weighted by molar-refractivity contribution is 7.10. The lowest BCUT2D eigenvalue weighted by Gasteiger charge is -2.26. The van der Waals surface area contributed by atoms with Crippen LogP contribution in [0.25, 0.3) is 0 Å². The molecule has 1 aliphatic carbocycles. The van der Waals surface area contributed by atoms with Crippen LogP contribution in [0.15, 0.2) is 11.4 Å². The van der Waals surface area contributed by atoms with E-state index in [1.54, 1.807) is 11.3 Å². The zero-order chi connectivity index (χ0) is 12.3. The molecular weight excluding hydrogens is 254 g/mol. The van der Waals surface area contributed by atoms with Crippen LogP contribution >= 0.6 is 22.9 Å². The van der Waals surface area contributed by atoms with Gasteiger partial charge in [-0.15, -0.1) is 11.3 Å². The first-order valence-electron chi connectivity index (χ1n) is 6.27. The summed E-state index contributed by atoms with van der Waals surface area (Å²) in [6.45, 7) is 3.19. The van der Waals surface area contributed by atoms with Crippen LogP contribution in [-0.2, 0) is 4.74 Å². The molecule has 0 amide bonds. The van der Waals surface area contributed by atoms with Gasteiger partial charge in [0.25, 0.3) is 0 Å². The lowest BCUT2D eigenvalue weighted by molar-refractivity contribution is 0.0517. The average molecular weight is 274 g/mol. The Morgan fingerprint density at radius 2 is 2.35 bits per heavy atom. The van der Waals surface area contributed by atoms with E-state index in [1.165, 1.54) is 17.7 Å². The molecule has 2 atom stereocenters. The smallest absolute Gasteiger partial charge is 0.0802 e. The first-order valence-corrected chi connectivity index (χ1v) is 7.52. The average Bonchev–Trinajstić information content (AvgIpc) is 3.07. The molecule has 1 N–H and O–H groups in total. The summed E-state index contributed by atoms with van der Waals surface area (Å²) in [5.74, 6) is 0.701. The Morgan fingerprint density at radius 3 is 2.82 bits per heavy atom. The Hall–Kier alpha value is -0.0900. The first kappa shape index (κ1) is 13.3. The van der Waals surface area contributed by atoms with Crippen LogP contribution in [0.3, 0.4) is 0 Å². The van der Waals surface area contributed by atoms with Gasteiger partial charge in [0.2, 0.25) is 0 Å². The van der Waals surface area contributed by atoms with E-state index in [2.05, 4.69) is 17.6 Å². The summed E-state index contributed by atoms with van der Waals surface area (Å²) in [5, 5.41) is 6.51. The van der Waals surface area contributed by atoms with Crippen LogP contribution in [0, 0.1) is 5.92 Å². The first-order chi connectivity index (χ1) is 8.27. The number of hydrogen-bond donors (Lipinski definition) is 1. The molecule has 0 spiro atoms. The van der Waals surface area contributed by atoms with Crippen molar-refractivity contribution in [1.29, 1.82) is 0 Å². The molecule has 1 aromatic rings. The molecule has 2 rings (SSSR count). The van der Waals surface area contributed by atoms with Crippen molar-refractivity contribution in [1.82, 2.24) is 5.32 Å². The Morgan fingerprint density at radius 1 is 1.59 bits per heavy atom. The van der Waals surface area contributed by atoms with Gasteiger partial charge in [0, 0.05) is 12.0 Å². The van der Waals surface area contributed by atoms with Gasteiger partial charge in [-0.1, -0.05) is 18.5 Å². The second-order valence-corrected chi connectivity index (χ2v) is 5.96. The minimum absolute atomic E-state index is 0.250. The molecule has 1 aromatic heterocycles. The Bertz CT molecular complexity index is 351. The Kier molecular flexibility index (Phi) is 4.86. The van der Waals surface area contributed by atoms with Gasteiger partial charge >= 0.3 is 0 Å². The number of thiophene rings is 1. The molecule has 1 aliphatic rings. The fourth-order valence-electron chi connectivity index (χ4n) is 2.21. The van der Waals surface area contributed by atoms with E-state index >= 15 is 0 Å². The van der Waals surface area contributed by atoms with Gasteiger partial charge in [-0.25, -0.2) is 0 Å². The topological polar surface area (TPSA) is 21.3 Å². The van der Waals surface area contributed by atoms with Crippen molar-refractivity contribution in [3.8, 4) is 0 Å². The summed E-state index contributed by atoms with van der Waals surface area (Å²) in [6.07, 6.45) is 3.95. The lowest BCUT2D eigenvalue weighted by atomic mass is 10.0. The highest BCUT2D eigenvalue weighted by Gasteiger charge is 2.38. The number of nitrogens with one attached hydrogen (secondary N) is 1. The van der Waals surface area contributed by atoms with Crippen molar-refractivity contribution in [2.45, 2.75) is 38.3 Å². The van der Waals surface area contributed by atoms with E-state index in [4.69, 9.17) is 16.3 Å². The monoisotopic (exact) mass is 273 g/mol. The summed E-state index contributed by atoms with van der Waals surface area (Å²) < 4.78 is 5.70. The minimum atomic E-state index is 0.250. The van der Waals surface area contributed by atoms with Gasteiger partial charge in [0.05, 0.1) is 17.2 Å². The molecule has 1 fully saturated rings. The van der Waals surface area contributed by atoms with Crippen molar-refractivity contribution in [3.05, 3.63) is 21.3 Å². The predicted octanol–water partition coefficient (Wildman–Crippen LogP) is 3.87. The maximum Gasteiger partial charge on any atom is 0.0802 e. The van der Waals surface area contributed by atoms with E-state index in [0.29, 0.717) is 5.92 Å². The largest absolute Gasteiger partial charge is 0.379 e. The van der Waals surface area contributed by atoms with Crippen LogP contribution in [0.2, 0.25) is 5.02 Å². The van der Waals surface area contributed by atoms with Crippen LogP contribution in [0.4, 0.5) is 0 Å². The minimum Gasteiger partial charge on any atom is -0.379 e. The van der Waals surface area contributed by atoms with Gasteiger partial charge < -0.3 is 10.1 Å².